The molecule has 1 fully saturated rings. The van der Waals surface area contributed by atoms with Crippen LogP contribution >= 0.6 is 0 Å². The third-order valence-electron chi connectivity index (χ3n) is 4.80. The highest BCUT2D eigenvalue weighted by Crippen LogP contribution is 2.42. The van der Waals surface area contributed by atoms with E-state index in [9.17, 15) is 0 Å². The number of hydrogen-bond acceptors (Lipinski definition) is 2. The molecule has 114 valence electrons. The van der Waals surface area contributed by atoms with Crippen LogP contribution in [0.15, 0.2) is 24.3 Å². The highest BCUT2D eigenvalue weighted by atomic mass is 14.9. The van der Waals surface area contributed by atoms with E-state index in [2.05, 4.69) is 38.2 Å². The van der Waals surface area contributed by atoms with Crippen molar-refractivity contribution < 1.29 is 0 Å². The van der Waals surface area contributed by atoms with Crippen LogP contribution in [0.25, 0.3) is 0 Å². The second-order valence-corrected chi connectivity index (χ2v) is 7.14. The molecule has 2 rings (SSSR count). The molecule has 0 bridgehead atoms. The van der Waals surface area contributed by atoms with Gasteiger partial charge >= 0.3 is 0 Å². The van der Waals surface area contributed by atoms with Gasteiger partial charge in [-0.1, -0.05) is 38.8 Å². The summed E-state index contributed by atoms with van der Waals surface area (Å²) in [5, 5.41) is 12.7. The summed E-state index contributed by atoms with van der Waals surface area (Å²) in [7, 11) is 0. The first-order chi connectivity index (χ1) is 10.0. The summed E-state index contributed by atoms with van der Waals surface area (Å²) in [6.45, 7) is 7.97. The largest absolute Gasteiger partial charge is 0.310 e. The zero-order valence-corrected chi connectivity index (χ0v) is 13.7. The fraction of sp³-hybridized carbons (Fsp3) is 0.632. The molecule has 1 atom stereocenters. The standard InChI is InChI=1S/C19H28N2/c1-15(2)12-19(9-4-5-10-19)14-21-16(3)18-8-6-7-17(11-18)13-20/h6-8,11,15-16,21H,4-5,9-10,12,14H2,1-3H3. The molecule has 0 radical (unpaired) electrons. The molecule has 0 aliphatic heterocycles. The normalized spacial score (nSPS) is 18.6. The maximum atomic E-state index is 9.02. The van der Waals surface area contributed by atoms with Crippen LogP contribution in [0, 0.1) is 22.7 Å². The average Bonchev–Trinajstić information content (AvgIpc) is 2.93. The summed E-state index contributed by atoms with van der Waals surface area (Å²) >= 11 is 0. The van der Waals surface area contributed by atoms with Crippen molar-refractivity contribution in [1.82, 2.24) is 5.32 Å². The van der Waals surface area contributed by atoms with E-state index < -0.39 is 0 Å². The summed E-state index contributed by atoms with van der Waals surface area (Å²) in [5.74, 6) is 0.766. The molecule has 1 aromatic carbocycles. The molecule has 0 heterocycles. The number of nitrogens with zero attached hydrogens (tertiary/aromatic N) is 1. The van der Waals surface area contributed by atoms with Crippen molar-refractivity contribution in [2.75, 3.05) is 6.54 Å². The molecule has 0 aromatic heterocycles. The Balaban J connectivity index is 1.98. The van der Waals surface area contributed by atoms with Crippen molar-refractivity contribution in [2.45, 2.75) is 58.9 Å². The van der Waals surface area contributed by atoms with Gasteiger partial charge in [0.05, 0.1) is 11.6 Å². The van der Waals surface area contributed by atoms with E-state index in [1.807, 2.05) is 18.2 Å². The second-order valence-electron chi connectivity index (χ2n) is 7.14. The molecule has 0 amide bonds. The minimum atomic E-state index is 0.308. The summed E-state index contributed by atoms with van der Waals surface area (Å²) in [6.07, 6.45) is 6.82. The molecule has 1 unspecified atom stereocenters. The van der Waals surface area contributed by atoms with E-state index in [0.29, 0.717) is 11.5 Å². The van der Waals surface area contributed by atoms with Crippen LogP contribution in [0.1, 0.15) is 70.0 Å². The lowest BCUT2D eigenvalue weighted by Crippen LogP contribution is -2.34. The van der Waals surface area contributed by atoms with Gasteiger partial charge in [-0.25, -0.2) is 0 Å². The second kappa shape index (κ2) is 7.09. The Morgan fingerprint density at radius 3 is 2.57 bits per heavy atom. The van der Waals surface area contributed by atoms with Gasteiger partial charge in [-0.05, 0) is 55.2 Å². The van der Waals surface area contributed by atoms with Gasteiger partial charge in [0.25, 0.3) is 0 Å². The van der Waals surface area contributed by atoms with E-state index in [-0.39, 0.29) is 0 Å². The van der Waals surface area contributed by atoms with E-state index in [0.717, 1.165) is 18.0 Å². The van der Waals surface area contributed by atoms with Crippen LogP contribution in [0.4, 0.5) is 0 Å². The lowest BCUT2D eigenvalue weighted by atomic mass is 9.78. The van der Waals surface area contributed by atoms with Gasteiger partial charge in [0, 0.05) is 12.6 Å². The quantitative estimate of drug-likeness (QED) is 0.813. The Bertz CT molecular complexity index is 493. The Kier molecular flexibility index (Phi) is 5.42. The maximum Gasteiger partial charge on any atom is 0.0991 e. The van der Waals surface area contributed by atoms with Gasteiger partial charge in [-0.3, -0.25) is 0 Å². The minimum Gasteiger partial charge on any atom is -0.310 e. The smallest absolute Gasteiger partial charge is 0.0991 e. The molecule has 1 aromatic rings. The Hall–Kier alpha value is -1.33. The molecule has 1 N–H and O–H groups in total. The van der Waals surface area contributed by atoms with Gasteiger partial charge in [0.1, 0.15) is 0 Å². The summed E-state index contributed by atoms with van der Waals surface area (Å²) in [6, 6.07) is 10.5. The van der Waals surface area contributed by atoms with Gasteiger partial charge < -0.3 is 5.32 Å². The maximum absolute atomic E-state index is 9.02. The first-order valence-corrected chi connectivity index (χ1v) is 8.28. The number of hydrogen-bond donors (Lipinski definition) is 1. The van der Waals surface area contributed by atoms with E-state index in [4.69, 9.17) is 5.26 Å². The summed E-state index contributed by atoms with van der Waals surface area (Å²) < 4.78 is 0. The molecular formula is C19H28N2. The fourth-order valence-corrected chi connectivity index (χ4v) is 3.81. The van der Waals surface area contributed by atoms with Crippen LogP contribution in [0.3, 0.4) is 0 Å². The number of nitrogens with one attached hydrogen (secondary N) is 1. The van der Waals surface area contributed by atoms with Gasteiger partial charge in [0.2, 0.25) is 0 Å². The molecule has 0 saturated heterocycles. The van der Waals surface area contributed by atoms with E-state index in [1.165, 1.54) is 37.7 Å². The zero-order chi connectivity index (χ0) is 15.3. The van der Waals surface area contributed by atoms with Crippen LogP contribution in [-0.4, -0.2) is 6.54 Å². The fourth-order valence-electron chi connectivity index (χ4n) is 3.81. The van der Waals surface area contributed by atoms with Crippen LogP contribution in [-0.2, 0) is 0 Å². The zero-order valence-electron chi connectivity index (χ0n) is 13.7. The summed E-state index contributed by atoms with van der Waals surface area (Å²) in [5.41, 5.74) is 2.46. The van der Waals surface area contributed by atoms with Crippen molar-refractivity contribution in [1.29, 1.82) is 5.26 Å². The topological polar surface area (TPSA) is 35.8 Å². The molecule has 2 nitrogen and oxygen atoms in total. The van der Waals surface area contributed by atoms with Crippen LogP contribution in [0.2, 0.25) is 0 Å². The number of benzene rings is 1. The highest BCUT2D eigenvalue weighted by Gasteiger charge is 2.34. The molecule has 1 aliphatic rings. The third kappa shape index (κ3) is 4.32. The van der Waals surface area contributed by atoms with Crippen LogP contribution in [0.5, 0.6) is 0 Å². The first-order valence-electron chi connectivity index (χ1n) is 8.28. The SMILES string of the molecule is CC(C)CC1(CNC(C)c2cccc(C#N)c2)CCCC1. The Morgan fingerprint density at radius 2 is 1.95 bits per heavy atom. The molecular weight excluding hydrogens is 256 g/mol. The summed E-state index contributed by atoms with van der Waals surface area (Å²) in [4.78, 5) is 0. The van der Waals surface area contributed by atoms with Crippen molar-refractivity contribution in [3.05, 3.63) is 35.4 Å². The molecule has 21 heavy (non-hydrogen) atoms. The van der Waals surface area contributed by atoms with Gasteiger partial charge in [-0.2, -0.15) is 5.26 Å². The van der Waals surface area contributed by atoms with Crippen molar-refractivity contribution in [3.63, 3.8) is 0 Å². The van der Waals surface area contributed by atoms with Gasteiger partial charge in [0.15, 0.2) is 0 Å². The Morgan fingerprint density at radius 1 is 1.24 bits per heavy atom. The van der Waals surface area contributed by atoms with E-state index >= 15 is 0 Å². The minimum absolute atomic E-state index is 0.308. The third-order valence-corrected chi connectivity index (χ3v) is 4.80. The van der Waals surface area contributed by atoms with Crippen molar-refractivity contribution >= 4 is 0 Å². The number of nitriles is 1. The van der Waals surface area contributed by atoms with Crippen molar-refractivity contribution in [2.24, 2.45) is 11.3 Å². The number of rotatable bonds is 6. The van der Waals surface area contributed by atoms with E-state index in [1.54, 1.807) is 0 Å². The monoisotopic (exact) mass is 284 g/mol. The molecule has 1 aliphatic carbocycles. The lowest BCUT2D eigenvalue weighted by molar-refractivity contribution is 0.217. The molecule has 1 saturated carbocycles. The lowest BCUT2D eigenvalue weighted by Gasteiger charge is -2.33. The van der Waals surface area contributed by atoms with Crippen molar-refractivity contribution in [3.8, 4) is 6.07 Å². The van der Waals surface area contributed by atoms with Crippen LogP contribution < -0.4 is 5.32 Å². The molecule has 0 spiro atoms. The Labute approximate surface area is 129 Å². The highest BCUT2D eigenvalue weighted by molar-refractivity contribution is 5.34. The first kappa shape index (κ1) is 16.0. The predicted octanol–water partition coefficient (Wildman–Crippen LogP) is 4.82. The molecule has 2 heteroatoms. The average molecular weight is 284 g/mol. The predicted molar refractivity (Wildman–Crippen MR) is 87.9 cm³/mol. The van der Waals surface area contributed by atoms with Gasteiger partial charge in [-0.15, -0.1) is 0 Å².